The molecule has 11 nitrogen and oxygen atoms in total. The van der Waals surface area contributed by atoms with Crippen LogP contribution in [-0.2, 0) is 14.9 Å². The molecule has 3 rings (SSSR count). The minimum absolute atomic E-state index is 0.0158. The molecule has 0 saturated carbocycles. The van der Waals surface area contributed by atoms with E-state index in [0.29, 0.717) is 0 Å². The summed E-state index contributed by atoms with van der Waals surface area (Å²) >= 11 is 18.9. The predicted octanol–water partition coefficient (Wildman–Crippen LogP) is 7.18. The second-order valence-electron chi connectivity index (χ2n) is 6.96. The number of nitro benzene ring substituents is 1. The Labute approximate surface area is 257 Å². The minimum atomic E-state index is -5.03. The highest BCUT2D eigenvalue weighted by atomic mass is 79.9. The first-order valence-corrected chi connectivity index (χ1v) is 15.2. The number of carbonyl (C=O) groups is 1. The largest absolute Gasteiger partial charge is 0.501 e. The number of nitro groups is 2. The van der Waals surface area contributed by atoms with Gasteiger partial charge in [-0.2, -0.15) is 8.42 Å². The second-order valence-corrected chi connectivity index (χ2v) is 13.2. The molecule has 2 aromatic carbocycles. The van der Waals surface area contributed by atoms with Crippen LogP contribution in [0.3, 0.4) is 0 Å². The van der Waals surface area contributed by atoms with Crippen molar-refractivity contribution in [1.29, 1.82) is 0 Å². The lowest BCUT2D eigenvalue weighted by atomic mass is 9.90. The van der Waals surface area contributed by atoms with Crippen molar-refractivity contribution in [2.45, 2.75) is 4.90 Å². The van der Waals surface area contributed by atoms with E-state index in [1.807, 2.05) is 0 Å². The van der Waals surface area contributed by atoms with Gasteiger partial charge in [0.2, 0.25) is 5.75 Å². The maximum absolute atomic E-state index is 12.6. The maximum Gasteiger partial charge on any atom is 0.318 e. The van der Waals surface area contributed by atoms with Gasteiger partial charge in [0, 0.05) is 31.1 Å². The van der Waals surface area contributed by atoms with Crippen LogP contribution in [0.5, 0.6) is 5.75 Å². The third-order valence-corrected chi connectivity index (χ3v) is 11.9. The monoisotopic (exact) mass is 911 g/mol. The molecule has 0 atom stereocenters. The molecule has 0 aromatic heterocycles. The Hall–Kier alpha value is -1.28. The number of hydrogen-bond acceptors (Lipinski definition) is 8. The minimum Gasteiger partial charge on any atom is -0.501 e. The van der Waals surface area contributed by atoms with E-state index in [9.17, 15) is 43.1 Å². The zero-order valence-electron chi connectivity index (χ0n) is 17.1. The number of phenolic OH excluding ortho intramolecular Hbond substituents is 1. The first-order valence-electron chi connectivity index (χ1n) is 9.02. The molecule has 2 N–H and O–H groups in total. The van der Waals surface area contributed by atoms with E-state index >= 15 is 0 Å². The molecule has 194 valence electrons. The number of phenols is 1. The Bertz CT molecular complexity index is 1650. The van der Waals surface area contributed by atoms with Crippen molar-refractivity contribution in [1.82, 2.24) is 0 Å². The van der Waals surface area contributed by atoms with Gasteiger partial charge in [-0.25, -0.2) is 0 Å². The van der Waals surface area contributed by atoms with Crippen molar-refractivity contribution >= 4 is 123 Å². The van der Waals surface area contributed by atoms with Crippen LogP contribution in [0.15, 0.2) is 67.3 Å². The summed E-state index contributed by atoms with van der Waals surface area (Å²) in [5, 5.41) is 33.4. The van der Waals surface area contributed by atoms with Gasteiger partial charge < -0.3 is 5.11 Å². The Morgan fingerprint density at radius 1 is 0.865 bits per heavy atom. The number of hydrogen-bond donors (Lipinski definition) is 2. The highest BCUT2D eigenvalue weighted by molar-refractivity contribution is 9.15. The average molecular weight is 918 g/mol. The van der Waals surface area contributed by atoms with Gasteiger partial charge in [0.25, 0.3) is 15.9 Å². The fourth-order valence-electron chi connectivity index (χ4n) is 3.26. The predicted molar refractivity (Wildman–Crippen MR) is 153 cm³/mol. The summed E-state index contributed by atoms with van der Waals surface area (Å²) in [5.41, 5.74) is -2.37. The Morgan fingerprint density at radius 2 is 1.43 bits per heavy atom. The maximum atomic E-state index is 12.6. The van der Waals surface area contributed by atoms with Crippen LogP contribution in [0, 0.1) is 20.2 Å². The molecular formula is C19H6Br6N2O9S. The summed E-state index contributed by atoms with van der Waals surface area (Å²) in [7, 11) is -5.03. The van der Waals surface area contributed by atoms with E-state index in [2.05, 4.69) is 95.6 Å². The van der Waals surface area contributed by atoms with Crippen molar-refractivity contribution in [3.05, 3.63) is 93.8 Å². The van der Waals surface area contributed by atoms with Crippen LogP contribution in [0.4, 0.5) is 5.69 Å². The van der Waals surface area contributed by atoms with Gasteiger partial charge in [-0.05, 0) is 124 Å². The molecule has 1 aliphatic carbocycles. The van der Waals surface area contributed by atoms with E-state index in [4.69, 9.17) is 0 Å². The zero-order valence-corrected chi connectivity index (χ0v) is 27.5. The van der Waals surface area contributed by atoms with E-state index < -0.39 is 47.8 Å². The smallest absolute Gasteiger partial charge is 0.318 e. The van der Waals surface area contributed by atoms with Gasteiger partial charge in [-0.1, -0.05) is 0 Å². The van der Waals surface area contributed by atoms with Crippen molar-refractivity contribution in [3.8, 4) is 5.75 Å². The second kappa shape index (κ2) is 11.1. The first-order chi connectivity index (χ1) is 17.0. The summed E-state index contributed by atoms with van der Waals surface area (Å²) < 4.78 is 35.2. The number of nitrogens with zero attached hydrogens (tertiary/aromatic N) is 2. The van der Waals surface area contributed by atoms with E-state index in [1.54, 1.807) is 0 Å². The number of allylic oxidation sites excluding steroid dienone is 4. The van der Waals surface area contributed by atoms with Crippen molar-refractivity contribution < 1.29 is 32.7 Å². The molecule has 37 heavy (non-hydrogen) atoms. The van der Waals surface area contributed by atoms with Gasteiger partial charge in [-0.3, -0.25) is 29.6 Å². The number of carbonyl (C=O) groups excluding carboxylic acids is 1. The van der Waals surface area contributed by atoms with Crippen molar-refractivity contribution in [2.75, 3.05) is 0 Å². The summed E-state index contributed by atoms with van der Waals surface area (Å²) in [4.78, 5) is 33.0. The summed E-state index contributed by atoms with van der Waals surface area (Å²) in [5.74, 6) is -1.71. The van der Waals surface area contributed by atoms with Crippen molar-refractivity contribution in [3.63, 3.8) is 0 Å². The molecule has 0 spiro atoms. The third kappa shape index (κ3) is 5.70. The van der Waals surface area contributed by atoms with Gasteiger partial charge in [-0.15, -0.1) is 0 Å². The fourth-order valence-corrected chi connectivity index (χ4v) is 8.14. The van der Waals surface area contributed by atoms with Crippen molar-refractivity contribution in [2.24, 2.45) is 0 Å². The molecule has 0 radical (unpaired) electrons. The molecular weight excluding hydrogens is 912 g/mol. The topological polar surface area (TPSA) is 178 Å². The SMILES string of the molecule is O=C1C(Br)=CC(=C(c2cc(Br)c(O)c([N+](=O)[O-])c2)c2c(Br)c(Br)c(Br)c(Br)c2S(=O)(=O)O)C=C1[N+](=O)[O-]. The third-order valence-electron chi connectivity index (χ3n) is 4.77. The standard InChI is InChI=1S/C19H6Br6N2O9S/c20-7-1-5(3-9(17(7)28)26(30)31)11(6-2-8(21)18(29)10(4-6)27(32)33)12-13(22)14(23)15(24)16(25)19(12)37(34,35)36/h1-4,28H,(H,34,35,36). The fraction of sp³-hybridized carbons (Fsp3) is 0. The van der Waals surface area contributed by atoms with E-state index in [0.717, 1.165) is 18.2 Å². The average Bonchev–Trinajstić information content (AvgIpc) is 2.78. The van der Waals surface area contributed by atoms with E-state index in [1.165, 1.54) is 6.07 Å². The highest BCUT2D eigenvalue weighted by Gasteiger charge is 2.35. The van der Waals surface area contributed by atoms with Crippen LogP contribution in [0.2, 0.25) is 0 Å². The molecule has 0 fully saturated rings. The van der Waals surface area contributed by atoms with Gasteiger partial charge in [0.1, 0.15) is 4.90 Å². The summed E-state index contributed by atoms with van der Waals surface area (Å²) in [6.45, 7) is 0. The molecule has 0 unspecified atom stereocenters. The quantitative estimate of drug-likeness (QED) is 0.103. The number of ketones is 1. The van der Waals surface area contributed by atoms with Crippen LogP contribution in [0.1, 0.15) is 11.1 Å². The van der Waals surface area contributed by atoms with Gasteiger partial charge in [0.15, 0.2) is 0 Å². The lowest BCUT2D eigenvalue weighted by Crippen LogP contribution is -2.16. The highest BCUT2D eigenvalue weighted by Crippen LogP contribution is 2.50. The summed E-state index contributed by atoms with van der Waals surface area (Å²) in [6.07, 6.45) is 2.01. The number of rotatable bonds is 5. The number of aromatic hydroxyl groups is 1. The Morgan fingerprint density at radius 3 is 1.95 bits per heavy atom. The molecule has 0 aliphatic heterocycles. The molecule has 18 heteroatoms. The Kier molecular flexibility index (Phi) is 9.05. The van der Waals surface area contributed by atoms with Gasteiger partial charge in [0.05, 0.1) is 23.3 Å². The molecule has 0 amide bonds. The van der Waals surface area contributed by atoms with Gasteiger partial charge >= 0.3 is 11.4 Å². The molecule has 0 bridgehead atoms. The molecule has 0 heterocycles. The summed E-state index contributed by atoms with van der Waals surface area (Å²) in [6, 6.07) is 2.11. The Balaban J connectivity index is 2.72. The van der Waals surface area contributed by atoms with Crippen LogP contribution < -0.4 is 0 Å². The van der Waals surface area contributed by atoms with Crippen LogP contribution >= 0.6 is 95.6 Å². The van der Waals surface area contributed by atoms with E-state index in [-0.39, 0.29) is 49.1 Å². The van der Waals surface area contributed by atoms with Crippen LogP contribution in [-0.4, -0.2) is 33.7 Å². The normalized spacial score (nSPS) is 15.3. The lowest BCUT2D eigenvalue weighted by molar-refractivity contribution is -0.418. The number of halogens is 6. The first kappa shape index (κ1) is 30.3. The lowest BCUT2D eigenvalue weighted by Gasteiger charge is -2.21. The number of Topliss-reactive ketones (excluding diaryl/α,β-unsaturated/α-hetero) is 1. The molecule has 0 saturated heterocycles. The molecule has 2 aromatic rings. The zero-order chi connectivity index (χ0) is 28.1. The van der Waals surface area contributed by atoms with Crippen LogP contribution in [0.25, 0.3) is 5.57 Å². The molecule has 1 aliphatic rings. The number of benzene rings is 2.